The van der Waals surface area contributed by atoms with Crippen LogP contribution in [0.15, 0.2) is 18.3 Å². The summed E-state index contributed by atoms with van der Waals surface area (Å²) >= 11 is 0. The van der Waals surface area contributed by atoms with Crippen molar-refractivity contribution in [2.45, 2.75) is 32.2 Å². The van der Waals surface area contributed by atoms with Crippen molar-refractivity contribution in [2.24, 2.45) is 0 Å². The van der Waals surface area contributed by atoms with Gasteiger partial charge in [0.05, 0.1) is 0 Å². The predicted octanol–water partition coefficient (Wildman–Crippen LogP) is 1.25. The summed E-state index contributed by atoms with van der Waals surface area (Å²) in [5.41, 5.74) is 1.30. The fourth-order valence-electron chi connectivity index (χ4n) is 2.50. The number of hydrogen-bond acceptors (Lipinski definition) is 4. The molecular formula is C16H26N4O. The Morgan fingerprint density at radius 1 is 1.38 bits per heavy atom. The van der Waals surface area contributed by atoms with Crippen LogP contribution in [0.1, 0.15) is 26.3 Å². The van der Waals surface area contributed by atoms with E-state index in [2.05, 4.69) is 42.0 Å². The van der Waals surface area contributed by atoms with Gasteiger partial charge in [-0.2, -0.15) is 0 Å². The van der Waals surface area contributed by atoms with Gasteiger partial charge in [-0.25, -0.2) is 4.98 Å². The first-order valence-corrected chi connectivity index (χ1v) is 7.46. The summed E-state index contributed by atoms with van der Waals surface area (Å²) in [6.45, 7) is 8.86. The van der Waals surface area contributed by atoms with Crippen molar-refractivity contribution in [3.8, 4) is 0 Å². The molecule has 1 atom stereocenters. The molecule has 0 spiro atoms. The van der Waals surface area contributed by atoms with Gasteiger partial charge in [0.2, 0.25) is 5.91 Å². The van der Waals surface area contributed by atoms with Gasteiger partial charge in [-0.15, -0.1) is 0 Å². The van der Waals surface area contributed by atoms with Gasteiger partial charge >= 0.3 is 0 Å². The van der Waals surface area contributed by atoms with Crippen LogP contribution in [0.2, 0.25) is 0 Å². The normalized spacial score (nSPS) is 19.5. The summed E-state index contributed by atoms with van der Waals surface area (Å²) in [4.78, 5) is 20.7. The molecule has 1 aromatic heterocycles. The number of likely N-dealkylation sites (N-methyl/N-ethyl adjacent to an activating group) is 1. The maximum absolute atomic E-state index is 12.3. The van der Waals surface area contributed by atoms with Crippen molar-refractivity contribution in [1.82, 2.24) is 15.2 Å². The van der Waals surface area contributed by atoms with Crippen LogP contribution in [0.25, 0.3) is 0 Å². The van der Waals surface area contributed by atoms with Crippen LogP contribution in [0.4, 0.5) is 5.82 Å². The molecule has 2 heterocycles. The number of carbonyl (C=O) groups excluding carboxylic acids is 1. The Kier molecular flexibility index (Phi) is 4.52. The van der Waals surface area contributed by atoms with Crippen molar-refractivity contribution in [1.29, 1.82) is 0 Å². The predicted molar refractivity (Wildman–Crippen MR) is 85.6 cm³/mol. The average molecular weight is 290 g/mol. The van der Waals surface area contributed by atoms with E-state index >= 15 is 0 Å². The fraction of sp³-hybridized carbons (Fsp3) is 0.625. The number of amides is 1. The number of hydrogen-bond donors (Lipinski definition) is 1. The standard InChI is InChI=1S/C16H26N4O/c1-16(2,3)12-6-7-14(18-10-12)20-9-8-17-11-13(20)15(21)19(4)5/h6-7,10,13,17H,8-9,11H2,1-5H3. The number of pyridine rings is 1. The van der Waals surface area contributed by atoms with Crippen molar-refractivity contribution < 1.29 is 4.79 Å². The number of nitrogens with zero attached hydrogens (tertiary/aromatic N) is 3. The minimum atomic E-state index is -0.179. The third-order valence-electron chi connectivity index (χ3n) is 3.88. The molecule has 1 unspecified atom stereocenters. The first-order chi connectivity index (χ1) is 9.80. The molecular weight excluding hydrogens is 264 g/mol. The van der Waals surface area contributed by atoms with E-state index in [4.69, 9.17) is 0 Å². The number of anilines is 1. The molecule has 0 saturated carbocycles. The zero-order chi connectivity index (χ0) is 15.6. The van der Waals surface area contributed by atoms with Gasteiger partial charge in [0.15, 0.2) is 0 Å². The van der Waals surface area contributed by atoms with Crippen LogP contribution in [-0.4, -0.2) is 55.6 Å². The van der Waals surface area contributed by atoms with E-state index in [1.807, 2.05) is 12.3 Å². The summed E-state index contributed by atoms with van der Waals surface area (Å²) in [5, 5.41) is 3.29. The van der Waals surface area contributed by atoms with Crippen molar-refractivity contribution in [2.75, 3.05) is 38.6 Å². The van der Waals surface area contributed by atoms with Crippen LogP contribution >= 0.6 is 0 Å². The molecule has 21 heavy (non-hydrogen) atoms. The number of aromatic nitrogens is 1. The van der Waals surface area contributed by atoms with E-state index in [-0.39, 0.29) is 17.4 Å². The molecule has 1 aromatic rings. The summed E-state index contributed by atoms with van der Waals surface area (Å²) < 4.78 is 0. The van der Waals surface area contributed by atoms with Crippen LogP contribution in [0.3, 0.4) is 0 Å². The number of rotatable bonds is 2. The summed E-state index contributed by atoms with van der Waals surface area (Å²) in [7, 11) is 3.59. The van der Waals surface area contributed by atoms with E-state index in [1.165, 1.54) is 5.56 Å². The third kappa shape index (κ3) is 3.53. The SMILES string of the molecule is CN(C)C(=O)C1CNCCN1c1ccc(C(C)(C)C)cn1. The lowest BCUT2D eigenvalue weighted by Crippen LogP contribution is -2.58. The van der Waals surface area contributed by atoms with Crippen molar-refractivity contribution >= 4 is 11.7 Å². The van der Waals surface area contributed by atoms with Crippen LogP contribution in [0.5, 0.6) is 0 Å². The Labute approximate surface area is 127 Å². The quantitative estimate of drug-likeness (QED) is 0.890. The molecule has 0 radical (unpaired) electrons. The molecule has 0 bridgehead atoms. The Morgan fingerprint density at radius 2 is 2.10 bits per heavy atom. The van der Waals surface area contributed by atoms with Gasteiger partial charge in [0, 0.05) is 39.9 Å². The Hall–Kier alpha value is -1.62. The molecule has 116 valence electrons. The molecule has 5 heteroatoms. The van der Waals surface area contributed by atoms with Crippen molar-refractivity contribution in [3.05, 3.63) is 23.9 Å². The fourth-order valence-corrected chi connectivity index (χ4v) is 2.50. The second-order valence-electron chi connectivity index (χ2n) is 6.80. The minimum Gasteiger partial charge on any atom is -0.347 e. The van der Waals surface area contributed by atoms with Gasteiger partial charge in [-0.05, 0) is 17.0 Å². The van der Waals surface area contributed by atoms with E-state index in [0.717, 1.165) is 18.9 Å². The van der Waals surface area contributed by atoms with Gasteiger partial charge in [-0.3, -0.25) is 4.79 Å². The average Bonchev–Trinajstić information content (AvgIpc) is 2.45. The summed E-state index contributed by atoms with van der Waals surface area (Å²) in [6.07, 6.45) is 1.93. The number of nitrogens with one attached hydrogen (secondary N) is 1. The Morgan fingerprint density at radius 3 is 2.62 bits per heavy atom. The summed E-state index contributed by atoms with van der Waals surface area (Å²) in [5.74, 6) is 0.994. The minimum absolute atomic E-state index is 0.0911. The van der Waals surface area contributed by atoms with Crippen molar-refractivity contribution in [3.63, 3.8) is 0 Å². The smallest absolute Gasteiger partial charge is 0.246 e. The first kappa shape index (κ1) is 15.8. The molecule has 1 saturated heterocycles. The number of piperazine rings is 1. The zero-order valence-corrected chi connectivity index (χ0v) is 13.7. The second kappa shape index (κ2) is 6.02. The van der Waals surface area contributed by atoms with Gasteiger partial charge in [0.25, 0.3) is 0 Å². The van der Waals surface area contributed by atoms with Gasteiger partial charge in [-0.1, -0.05) is 26.8 Å². The number of carbonyl (C=O) groups is 1. The molecule has 1 amide bonds. The van der Waals surface area contributed by atoms with Gasteiger partial charge < -0.3 is 15.1 Å². The highest BCUT2D eigenvalue weighted by Gasteiger charge is 2.30. The lowest BCUT2D eigenvalue weighted by atomic mass is 9.88. The maximum atomic E-state index is 12.3. The largest absolute Gasteiger partial charge is 0.347 e. The highest BCUT2D eigenvalue weighted by atomic mass is 16.2. The molecule has 0 aliphatic carbocycles. The molecule has 1 aliphatic rings. The Bertz CT molecular complexity index is 490. The Balaban J connectivity index is 2.23. The lowest BCUT2D eigenvalue weighted by molar-refractivity contribution is -0.130. The molecule has 1 N–H and O–H groups in total. The van der Waals surface area contributed by atoms with E-state index < -0.39 is 0 Å². The topological polar surface area (TPSA) is 48.5 Å². The maximum Gasteiger partial charge on any atom is 0.246 e. The molecule has 2 rings (SSSR count). The lowest BCUT2D eigenvalue weighted by Gasteiger charge is -2.37. The van der Waals surface area contributed by atoms with Crippen LogP contribution < -0.4 is 10.2 Å². The second-order valence-corrected chi connectivity index (χ2v) is 6.80. The van der Waals surface area contributed by atoms with Crippen LogP contribution in [-0.2, 0) is 10.2 Å². The summed E-state index contributed by atoms with van der Waals surface area (Å²) in [6, 6.07) is 3.96. The third-order valence-corrected chi connectivity index (χ3v) is 3.88. The van der Waals surface area contributed by atoms with E-state index in [9.17, 15) is 4.79 Å². The molecule has 1 fully saturated rings. The highest BCUT2D eigenvalue weighted by molar-refractivity contribution is 5.85. The highest BCUT2D eigenvalue weighted by Crippen LogP contribution is 2.24. The molecule has 1 aliphatic heterocycles. The monoisotopic (exact) mass is 290 g/mol. The molecule has 0 aromatic carbocycles. The van der Waals surface area contributed by atoms with Crippen LogP contribution in [0, 0.1) is 0 Å². The zero-order valence-electron chi connectivity index (χ0n) is 13.7. The van der Waals surface area contributed by atoms with Gasteiger partial charge in [0.1, 0.15) is 11.9 Å². The first-order valence-electron chi connectivity index (χ1n) is 7.46. The van der Waals surface area contributed by atoms with E-state index in [0.29, 0.717) is 6.54 Å². The van der Waals surface area contributed by atoms with E-state index in [1.54, 1.807) is 19.0 Å². The molecule has 5 nitrogen and oxygen atoms in total.